The monoisotopic (exact) mass is 521 g/mol. The first-order valence-corrected chi connectivity index (χ1v) is 12.6. The molecule has 1 atom stereocenters. The highest BCUT2D eigenvalue weighted by atomic mass is 19.2. The Balaban J connectivity index is 1.35. The SMILES string of the molecule is O=C(Nc1ccc(N2CCNCC2)cc1)c1c(N2CCCC2(F)c2cc(F)ccc2F)nn2cccnc12. The summed E-state index contributed by atoms with van der Waals surface area (Å²) >= 11 is 0. The molecule has 0 bridgehead atoms. The average Bonchev–Trinajstić information content (AvgIpc) is 3.52. The second kappa shape index (κ2) is 9.64. The first-order chi connectivity index (χ1) is 18.4. The molecule has 6 rings (SSSR count). The van der Waals surface area contributed by atoms with Crippen molar-refractivity contribution >= 4 is 28.7 Å². The zero-order valence-corrected chi connectivity index (χ0v) is 20.5. The van der Waals surface area contributed by atoms with Crippen LogP contribution in [0.15, 0.2) is 60.9 Å². The number of rotatable bonds is 5. The highest BCUT2D eigenvalue weighted by Crippen LogP contribution is 2.45. The molecule has 0 spiro atoms. The number of nitrogens with one attached hydrogen (secondary N) is 2. The summed E-state index contributed by atoms with van der Waals surface area (Å²) in [5, 5.41) is 10.6. The Kier molecular flexibility index (Phi) is 6.15. The Bertz CT molecular complexity index is 1490. The number of benzene rings is 2. The van der Waals surface area contributed by atoms with Gasteiger partial charge >= 0.3 is 0 Å². The summed E-state index contributed by atoms with van der Waals surface area (Å²) in [4.78, 5) is 21.4. The summed E-state index contributed by atoms with van der Waals surface area (Å²) in [6, 6.07) is 11.9. The van der Waals surface area contributed by atoms with Gasteiger partial charge in [0.05, 0.1) is 0 Å². The van der Waals surface area contributed by atoms with Crippen molar-refractivity contribution in [2.75, 3.05) is 47.8 Å². The lowest BCUT2D eigenvalue weighted by Crippen LogP contribution is -2.43. The number of fused-ring (bicyclic) bond motifs is 1. The second-order valence-corrected chi connectivity index (χ2v) is 9.46. The summed E-state index contributed by atoms with van der Waals surface area (Å²) in [7, 11) is 0. The van der Waals surface area contributed by atoms with E-state index >= 15 is 4.39 Å². The molecule has 2 fully saturated rings. The van der Waals surface area contributed by atoms with Crippen molar-refractivity contribution in [3.8, 4) is 0 Å². The van der Waals surface area contributed by atoms with Gasteiger partial charge in [0.2, 0.25) is 5.79 Å². The lowest BCUT2D eigenvalue weighted by atomic mass is 10.0. The number of halogens is 3. The number of nitrogens with zero attached hydrogens (tertiary/aromatic N) is 5. The highest BCUT2D eigenvalue weighted by molar-refractivity contribution is 6.12. The molecule has 2 N–H and O–H groups in total. The minimum Gasteiger partial charge on any atom is -0.369 e. The van der Waals surface area contributed by atoms with E-state index < -0.39 is 28.9 Å². The highest BCUT2D eigenvalue weighted by Gasteiger charge is 2.47. The van der Waals surface area contributed by atoms with Crippen LogP contribution in [0.3, 0.4) is 0 Å². The van der Waals surface area contributed by atoms with Crippen molar-refractivity contribution in [1.82, 2.24) is 19.9 Å². The maximum atomic E-state index is 16.6. The predicted molar refractivity (Wildman–Crippen MR) is 138 cm³/mol. The Morgan fingerprint density at radius 1 is 1.05 bits per heavy atom. The molecule has 2 aromatic heterocycles. The number of carbonyl (C=O) groups is 1. The van der Waals surface area contributed by atoms with Gasteiger partial charge in [0, 0.05) is 68.5 Å². The summed E-state index contributed by atoms with van der Waals surface area (Å²) in [5.41, 5.74) is 1.47. The van der Waals surface area contributed by atoms with Crippen LogP contribution in [0.1, 0.15) is 28.8 Å². The van der Waals surface area contributed by atoms with E-state index in [0.717, 1.165) is 50.1 Å². The average molecular weight is 522 g/mol. The number of piperazine rings is 1. The molecule has 4 heterocycles. The normalized spacial score (nSPS) is 19.8. The summed E-state index contributed by atoms with van der Waals surface area (Å²) in [6.45, 7) is 3.78. The minimum absolute atomic E-state index is 0.0160. The molecular formula is C27H26F3N7O. The quantitative estimate of drug-likeness (QED) is 0.386. The van der Waals surface area contributed by atoms with Crippen molar-refractivity contribution in [2.24, 2.45) is 0 Å². The van der Waals surface area contributed by atoms with Crippen LogP contribution in [0, 0.1) is 11.6 Å². The smallest absolute Gasteiger partial charge is 0.263 e. The summed E-state index contributed by atoms with van der Waals surface area (Å²) in [5.74, 6) is -4.51. The third-order valence-electron chi connectivity index (χ3n) is 7.13. The van der Waals surface area contributed by atoms with E-state index in [4.69, 9.17) is 0 Å². The van der Waals surface area contributed by atoms with Crippen LogP contribution in [0.2, 0.25) is 0 Å². The van der Waals surface area contributed by atoms with Crippen LogP contribution in [-0.4, -0.2) is 53.2 Å². The van der Waals surface area contributed by atoms with Crippen LogP contribution in [0.4, 0.5) is 30.4 Å². The fourth-order valence-corrected chi connectivity index (χ4v) is 5.27. The first-order valence-electron chi connectivity index (χ1n) is 12.6. The standard InChI is InChI=1S/C27H26F3N7O/c28-18-3-8-22(29)21(17-18)27(30)9-1-13-36(27)25-23(24-32-10-2-14-37(24)34-25)26(38)33-19-4-6-20(7-5-19)35-15-11-31-12-16-35/h2-8,10,14,17,31H,1,9,11-13,15-16H2,(H,33,38). The van der Waals surface area contributed by atoms with Crippen molar-refractivity contribution in [3.63, 3.8) is 0 Å². The Labute approximate surface area is 217 Å². The maximum absolute atomic E-state index is 16.6. The molecule has 11 heteroatoms. The number of hydrogen-bond acceptors (Lipinski definition) is 6. The topological polar surface area (TPSA) is 77.8 Å². The largest absolute Gasteiger partial charge is 0.369 e. The third kappa shape index (κ3) is 4.22. The fraction of sp³-hybridized carbons (Fsp3) is 0.296. The van der Waals surface area contributed by atoms with Gasteiger partial charge in [-0.1, -0.05) is 0 Å². The first kappa shape index (κ1) is 24.2. The van der Waals surface area contributed by atoms with Crippen molar-refractivity contribution in [1.29, 1.82) is 0 Å². The van der Waals surface area contributed by atoms with E-state index in [1.165, 1.54) is 15.6 Å². The molecule has 8 nitrogen and oxygen atoms in total. The van der Waals surface area contributed by atoms with Gasteiger partial charge in [-0.2, -0.15) is 0 Å². The fourth-order valence-electron chi connectivity index (χ4n) is 5.27. The van der Waals surface area contributed by atoms with E-state index in [0.29, 0.717) is 12.1 Å². The maximum Gasteiger partial charge on any atom is 0.263 e. The van der Waals surface area contributed by atoms with Gasteiger partial charge < -0.3 is 20.4 Å². The Hall–Kier alpha value is -4.12. The van der Waals surface area contributed by atoms with Gasteiger partial charge in [-0.05, 0) is 55.0 Å². The molecule has 2 aromatic carbocycles. The minimum atomic E-state index is -2.38. The van der Waals surface area contributed by atoms with E-state index in [-0.39, 0.29) is 30.0 Å². The van der Waals surface area contributed by atoms with Gasteiger partial charge in [0.1, 0.15) is 17.2 Å². The van der Waals surface area contributed by atoms with Crippen molar-refractivity contribution < 1.29 is 18.0 Å². The lowest BCUT2D eigenvalue weighted by Gasteiger charge is -2.32. The molecule has 1 amide bonds. The molecule has 38 heavy (non-hydrogen) atoms. The van der Waals surface area contributed by atoms with Crippen LogP contribution < -0.4 is 20.4 Å². The van der Waals surface area contributed by atoms with Crippen molar-refractivity contribution in [3.05, 3.63) is 83.7 Å². The van der Waals surface area contributed by atoms with Crippen LogP contribution in [0.5, 0.6) is 0 Å². The van der Waals surface area contributed by atoms with Gasteiger partial charge in [-0.3, -0.25) is 4.79 Å². The molecule has 4 aromatic rings. The molecule has 196 valence electrons. The number of amides is 1. The van der Waals surface area contributed by atoms with Gasteiger partial charge in [0.25, 0.3) is 5.91 Å². The van der Waals surface area contributed by atoms with E-state index in [9.17, 15) is 13.6 Å². The molecule has 1 unspecified atom stereocenters. The molecule has 2 saturated heterocycles. The Morgan fingerprint density at radius 2 is 1.84 bits per heavy atom. The van der Waals surface area contributed by atoms with E-state index in [1.807, 2.05) is 24.3 Å². The lowest BCUT2D eigenvalue weighted by molar-refractivity contribution is 0.102. The third-order valence-corrected chi connectivity index (χ3v) is 7.13. The number of alkyl halides is 1. The summed E-state index contributed by atoms with van der Waals surface area (Å²) in [6.07, 6.45) is 3.40. The van der Waals surface area contributed by atoms with Crippen LogP contribution in [0.25, 0.3) is 5.65 Å². The second-order valence-electron chi connectivity index (χ2n) is 9.46. The molecule has 0 aliphatic carbocycles. The molecule has 2 aliphatic heterocycles. The number of anilines is 3. The van der Waals surface area contributed by atoms with Crippen LogP contribution in [-0.2, 0) is 5.79 Å². The van der Waals surface area contributed by atoms with Crippen molar-refractivity contribution in [2.45, 2.75) is 18.6 Å². The van der Waals surface area contributed by atoms with E-state index in [1.54, 1.807) is 12.3 Å². The van der Waals surface area contributed by atoms with Gasteiger partial charge in [0.15, 0.2) is 11.5 Å². The molecule has 2 aliphatic rings. The predicted octanol–water partition coefficient (Wildman–Crippen LogP) is 4.09. The molecule has 0 radical (unpaired) electrons. The molecular weight excluding hydrogens is 495 g/mol. The van der Waals surface area contributed by atoms with Crippen LogP contribution >= 0.6 is 0 Å². The Morgan fingerprint density at radius 3 is 2.63 bits per heavy atom. The summed E-state index contributed by atoms with van der Waals surface area (Å²) < 4.78 is 46.7. The zero-order valence-electron chi connectivity index (χ0n) is 20.5. The van der Waals surface area contributed by atoms with E-state index in [2.05, 4.69) is 25.6 Å². The number of aromatic nitrogens is 3. The number of hydrogen-bond donors (Lipinski definition) is 2. The van der Waals surface area contributed by atoms with Gasteiger partial charge in [-0.15, -0.1) is 5.10 Å². The number of carbonyl (C=O) groups excluding carboxylic acids is 1. The zero-order chi connectivity index (χ0) is 26.3. The van der Waals surface area contributed by atoms with Gasteiger partial charge in [-0.25, -0.2) is 22.7 Å². The molecule has 0 saturated carbocycles.